The topological polar surface area (TPSA) is 92.0 Å². The number of benzene rings is 1. The maximum Gasteiger partial charge on any atom is 0.246 e. The number of methoxy groups -OCH3 is 1. The number of imidazole rings is 1. The average molecular weight is 259 g/mol. The van der Waals surface area contributed by atoms with Gasteiger partial charge in [0.05, 0.1) is 12.6 Å². The van der Waals surface area contributed by atoms with E-state index in [-0.39, 0.29) is 0 Å². The summed E-state index contributed by atoms with van der Waals surface area (Å²) >= 11 is 0. The minimum atomic E-state index is 0.385. The van der Waals surface area contributed by atoms with E-state index < -0.39 is 0 Å². The lowest BCUT2D eigenvalue weighted by atomic mass is 10.3. The Morgan fingerprint density at radius 2 is 2.21 bits per heavy atom. The summed E-state index contributed by atoms with van der Waals surface area (Å²) < 4.78 is 12.2. The van der Waals surface area contributed by atoms with Gasteiger partial charge in [-0.05, 0) is 19.1 Å². The van der Waals surface area contributed by atoms with Gasteiger partial charge in [-0.3, -0.25) is 0 Å². The molecule has 0 saturated carbocycles. The Morgan fingerprint density at radius 3 is 2.89 bits per heavy atom. The molecule has 1 aromatic carbocycles. The van der Waals surface area contributed by atoms with Gasteiger partial charge in [-0.1, -0.05) is 11.2 Å². The molecule has 0 spiro atoms. The number of anilines is 1. The summed E-state index contributed by atoms with van der Waals surface area (Å²) in [6.45, 7) is 2.15. The Labute approximate surface area is 109 Å². The van der Waals surface area contributed by atoms with E-state index in [1.807, 2.05) is 22.8 Å². The van der Waals surface area contributed by atoms with Crippen LogP contribution in [-0.4, -0.2) is 26.8 Å². The van der Waals surface area contributed by atoms with Crippen LogP contribution in [0.25, 0.3) is 11.0 Å². The molecular weight excluding hydrogens is 246 g/mol. The summed E-state index contributed by atoms with van der Waals surface area (Å²) in [5.74, 6) is 2.15. The Bertz CT molecular complexity index is 731. The monoisotopic (exact) mass is 259 g/mol. The highest BCUT2D eigenvalue weighted by atomic mass is 16.5. The maximum atomic E-state index is 5.94. The molecule has 0 bridgehead atoms. The van der Waals surface area contributed by atoms with E-state index >= 15 is 0 Å². The van der Waals surface area contributed by atoms with Crippen LogP contribution in [0.3, 0.4) is 0 Å². The number of nitrogen functional groups attached to an aromatic ring is 1. The second-order valence-corrected chi connectivity index (χ2v) is 4.12. The van der Waals surface area contributed by atoms with E-state index in [2.05, 4.69) is 15.1 Å². The Hall–Kier alpha value is -2.57. The fourth-order valence-electron chi connectivity index (χ4n) is 2.01. The molecule has 0 amide bonds. The summed E-state index contributed by atoms with van der Waals surface area (Å²) in [7, 11) is 1.60. The summed E-state index contributed by atoms with van der Waals surface area (Å²) in [6.07, 6.45) is 0. The van der Waals surface area contributed by atoms with Crippen molar-refractivity contribution in [3.8, 4) is 5.75 Å². The van der Waals surface area contributed by atoms with Crippen molar-refractivity contribution in [2.45, 2.75) is 13.5 Å². The first-order valence-electron chi connectivity index (χ1n) is 5.77. The van der Waals surface area contributed by atoms with Crippen molar-refractivity contribution < 1.29 is 9.26 Å². The highest BCUT2D eigenvalue weighted by Gasteiger charge is 2.14. The standard InChI is InChI=1S/C12H13N5O2/c1-7-14-10(19-16-7)6-17-8-4-3-5-9(18-2)11(8)15-12(17)13/h3-5H,6H2,1-2H3,(H2,13,15). The molecule has 2 aromatic heterocycles. The van der Waals surface area contributed by atoms with Gasteiger partial charge in [0.25, 0.3) is 0 Å². The Kier molecular flexibility index (Phi) is 2.59. The Balaban J connectivity index is 2.10. The van der Waals surface area contributed by atoms with Crippen molar-refractivity contribution in [1.82, 2.24) is 19.7 Å². The predicted octanol–water partition coefficient (Wildman–Crippen LogP) is 1.37. The highest BCUT2D eigenvalue weighted by Crippen LogP contribution is 2.27. The van der Waals surface area contributed by atoms with Gasteiger partial charge in [0, 0.05) is 0 Å². The molecule has 0 saturated heterocycles. The van der Waals surface area contributed by atoms with Crippen LogP contribution in [0.5, 0.6) is 5.75 Å². The molecule has 2 N–H and O–H groups in total. The average Bonchev–Trinajstić information content (AvgIpc) is 2.94. The van der Waals surface area contributed by atoms with E-state index in [1.165, 1.54) is 0 Å². The van der Waals surface area contributed by atoms with Gasteiger partial charge < -0.3 is 19.6 Å². The second kappa shape index (κ2) is 4.27. The number of nitrogens with zero attached hydrogens (tertiary/aromatic N) is 4. The number of aromatic nitrogens is 4. The van der Waals surface area contributed by atoms with Gasteiger partial charge in [-0.2, -0.15) is 4.98 Å². The van der Waals surface area contributed by atoms with Crippen LogP contribution >= 0.6 is 0 Å². The quantitative estimate of drug-likeness (QED) is 0.763. The molecule has 98 valence electrons. The minimum Gasteiger partial charge on any atom is -0.494 e. The number of para-hydroxylation sites is 1. The number of nitrogens with two attached hydrogens (primary N) is 1. The molecule has 0 radical (unpaired) electrons. The fourth-order valence-corrected chi connectivity index (χ4v) is 2.01. The molecular formula is C12H13N5O2. The molecule has 0 aliphatic carbocycles. The van der Waals surface area contributed by atoms with E-state index in [1.54, 1.807) is 14.0 Å². The molecule has 0 aliphatic heterocycles. The van der Waals surface area contributed by atoms with Crippen LogP contribution in [0.2, 0.25) is 0 Å². The molecule has 2 heterocycles. The molecule has 7 nitrogen and oxygen atoms in total. The lowest BCUT2D eigenvalue weighted by Gasteiger charge is -2.03. The van der Waals surface area contributed by atoms with Gasteiger partial charge in [-0.15, -0.1) is 0 Å². The first kappa shape index (κ1) is 11.5. The van der Waals surface area contributed by atoms with Crippen molar-refractivity contribution in [1.29, 1.82) is 0 Å². The summed E-state index contributed by atoms with van der Waals surface area (Å²) in [5.41, 5.74) is 7.53. The first-order chi connectivity index (χ1) is 9.19. The third kappa shape index (κ3) is 1.88. The second-order valence-electron chi connectivity index (χ2n) is 4.12. The van der Waals surface area contributed by atoms with Crippen molar-refractivity contribution in [3.05, 3.63) is 29.9 Å². The number of ether oxygens (including phenoxy) is 1. The van der Waals surface area contributed by atoms with E-state index in [9.17, 15) is 0 Å². The predicted molar refractivity (Wildman–Crippen MR) is 68.8 cm³/mol. The number of rotatable bonds is 3. The van der Waals surface area contributed by atoms with Gasteiger partial charge in [0.1, 0.15) is 17.8 Å². The zero-order valence-electron chi connectivity index (χ0n) is 10.6. The molecule has 0 atom stereocenters. The Morgan fingerprint density at radius 1 is 1.37 bits per heavy atom. The number of fused-ring (bicyclic) bond motifs is 1. The summed E-state index contributed by atoms with van der Waals surface area (Å²) in [4.78, 5) is 8.48. The van der Waals surface area contributed by atoms with Crippen LogP contribution in [0, 0.1) is 6.92 Å². The maximum absolute atomic E-state index is 5.94. The molecule has 19 heavy (non-hydrogen) atoms. The van der Waals surface area contributed by atoms with Gasteiger partial charge in [0.2, 0.25) is 11.8 Å². The molecule has 3 rings (SSSR count). The van der Waals surface area contributed by atoms with Crippen molar-refractivity contribution in [2.24, 2.45) is 0 Å². The van der Waals surface area contributed by atoms with Gasteiger partial charge >= 0.3 is 0 Å². The lowest BCUT2D eigenvalue weighted by Crippen LogP contribution is -2.04. The van der Waals surface area contributed by atoms with Gasteiger partial charge in [-0.25, -0.2) is 4.98 Å². The molecule has 0 aliphatic rings. The smallest absolute Gasteiger partial charge is 0.246 e. The third-order valence-corrected chi connectivity index (χ3v) is 2.85. The van der Waals surface area contributed by atoms with E-state index in [4.69, 9.17) is 15.0 Å². The SMILES string of the molecule is COc1cccc2c1nc(N)n2Cc1nc(C)no1. The molecule has 3 aromatic rings. The number of aryl methyl sites for hydroxylation is 1. The number of hydrogen-bond donors (Lipinski definition) is 1. The zero-order valence-corrected chi connectivity index (χ0v) is 10.6. The van der Waals surface area contributed by atoms with Crippen molar-refractivity contribution in [2.75, 3.05) is 12.8 Å². The molecule has 0 unspecified atom stereocenters. The highest BCUT2D eigenvalue weighted by molar-refractivity contribution is 5.84. The molecule has 7 heteroatoms. The van der Waals surface area contributed by atoms with Crippen LogP contribution < -0.4 is 10.5 Å². The lowest BCUT2D eigenvalue weighted by molar-refractivity contribution is 0.369. The molecule has 0 fully saturated rings. The fraction of sp³-hybridized carbons (Fsp3) is 0.250. The van der Waals surface area contributed by atoms with Crippen LogP contribution in [0.4, 0.5) is 5.95 Å². The van der Waals surface area contributed by atoms with E-state index in [0.717, 1.165) is 11.0 Å². The van der Waals surface area contributed by atoms with Gasteiger partial charge in [0.15, 0.2) is 5.82 Å². The van der Waals surface area contributed by atoms with E-state index in [0.29, 0.717) is 30.0 Å². The normalized spacial score (nSPS) is 11.1. The zero-order chi connectivity index (χ0) is 13.4. The van der Waals surface area contributed by atoms with Crippen LogP contribution in [-0.2, 0) is 6.54 Å². The largest absolute Gasteiger partial charge is 0.494 e. The van der Waals surface area contributed by atoms with Crippen molar-refractivity contribution in [3.63, 3.8) is 0 Å². The number of hydrogen-bond acceptors (Lipinski definition) is 6. The first-order valence-corrected chi connectivity index (χ1v) is 5.77. The van der Waals surface area contributed by atoms with Crippen LogP contribution in [0.15, 0.2) is 22.7 Å². The van der Waals surface area contributed by atoms with Crippen molar-refractivity contribution >= 4 is 17.0 Å². The van der Waals surface area contributed by atoms with Crippen LogP contribution in [0.1, 0.15) is 11.7 Å². The third-order valence-electron chi connectivity index (χ3n) is 2.85. The summed E-state index contributed by atoms with van der Waals surface area (Å²) in [5, 5.41) is 3.76. The minimum absolute atomic E-state index is 0.385. The summed E-state index contributed by atoms with van der Waals surface area (Å²) in [6, 6.07) is 5.65.